The average molecular weight is 450 g/mol. The molecule has 0 unspecified atom stereocenters. The van der Waals surface area contributed by atoms with Crippen molar-refractivity contribution >= 4 is 45.3 Å². The van der Waals surface area contributed by atoms with E-state index in [1.807, 2.05) is 35.8 Å². The van der Waals surface area contributed by atoms with Crippen LogP contribution < -0.4 is 0 Å². The molecule has 164 valence electrons. The molecule has 0 saturated heterocycles. The number of hydrogen-bond donors (Lipinski definition) is 0. The summed E-state index contributed by atoms with van der Waals surface area (Å²) in [5.74, 6) is 0.204. The van der Waals surface area contributed by atoms with Crippen molar-refractivity contribution < 1.29 is 9.72 Å². The first kappa shape index (κ1) is 21.9. The molecular weight excluding hydrogens is 426 g/mol. The summed E-state index contributed by atoms with van der Waals surface area (Å²) in [6.07, 6.45) is 3.11. The Kier molecular flexibility index (Phi) is 6.45. The van der Waals surface area contributed by atoms with Crippen LogP contribution in [0.4, 0.5) is 5.69 Å². The first-order valence-electron chi connectivity index (χ1n) is 10.5. The van der Waals surface area contributed by atoms with Crippen molar-refractivity contribution in [3.05, 3.63) is 63.7 Å². The maximum absolute atomic E-state index is 12.5. The number of fused-ring (bicyclic) bond motifs is 3. The van der Waals surface area contributed by atoms with Gasteiger partial charge in [-0.25, -0.2) is 4.98 Å². The molecule has 0 aliphatic heterocycles. The SMILES string of the molecule is CCCCCn1c2ccc([N+](=O)[O-])cc2c2nnc(SCC(=O)c3ccc(C)cc3)nc21. The zero-order valence-corrected chi connectivity index (χ0v) is 18.8. The van der Waals surface area contributed by atoms with Crippen molar-refractivity contribution in [2.24, 2.45) is 0 Å². The van der Waals surface area contributed by atoms with Gasteiger partial charge in [0.15, 0.2) is 11.4 Å². The van der Waals surface area contributed by atoms with Gasteiger partial charge < -0.3 is 4.57 Å². The Morgan fingerprint density at radius 3 is 2.62 bits per heavy atom. The molecule has 2 aromatic heterocycles. The summed E-state index contributed by atoms with van der Waals surface area (Å²) in [5, 5.41) is 20.8. The van der Waals surface area contributed by atoms with E-state index >= 15 is 0 Å². The van der Waals surface area contributed by atoms with Crippen molar-refractivity contribution in [1.29, 1.82) is 0 Å². The predicted octanol–water partition coefficient (Wildman–Crippen LogP) is 5.36. The van der Waals surface area contributed by atoms with Gasteiger partial charge in [0.2, 0.25) is 5.16 Å². The number of benzene rings is 2. The third kappa shape index (κ3) is 4.47. The van der Waals surface area contributed by atoms with E-state index in [0.717, 1.165) is 36.9 Å². The van der Waals surface area contributed by atoms with Gasteiger partial charge in [0.05, 0.1) is 16.2 Å². The van der Waals surface area contributed by atoms with Crippen molar-refractivity contribution in [3.63, 3.8) is 0 Å². The molecule has 0 bridgehead atoms. The zero-order valence-electron chi connectivity index (χ0n) is 17.9. The lowest BCUT2D eigenvalue weighted by Gasteiger charge is -2.06. The fourth-order valence-electron chi connectivity index (χ4n) is 3.60. The normalized spacial score (nSPS) is 11.3. The minimum atomic E-state index is -0.415. The molecule has 4 rings (SSSR count). The van der Waals surface area contributed by atoms with Gasteiger partial charge in [0, 0.05) is 29.6 Å². The van der Waals surface area contributed by atoms with Gasteiger partial charge in [-0.05, 0) is 19.4 Å². The van der Waals surface area contributed by atoms with Gasteiger partial charge in [0.25, 0.3) is 5.69 Å². The van der Waals surface area contributed by atoms with Crippen LogP contribution in [0.3, 0.4) is 0 Å². The summed E-state index contributed by atoms with van der Waals surface area (Å²) >= 11 is 1.24. The van der Waals surface area contributed by atoms with E-state index < -0.39 is 4.92 Å². The van der Waals surface area contributed by atoms with Crippen molar-refractivity contribution in [3.8, 4) is 0 Å². The minimum absolute atomic E-state index is 0.00203. The van der Waals surface area contributed by atoms with E-state index in [-0.39, 0.29) is 17.2 Å². The summed E-state index contributed by atoms with van der Waals surface area (Å²) in [4.78, 5) is 28.0. The topological polar surface area (TPSA) is 104 Å². The lowest BCUT2D eigenvalue weighted by molar-refractivity contribution is -0.384. The smallest absolute Gasteiger partial charge is 0.270 e. The Morgan fingerprint density at radius 1 is 1.12 bits per heavy atom. The number of unbranched alkanes of at least 4 members (excludes halogenated alkanes) is 2. The lowest BCUT2D eigenvalue weighted by Crippen LogP contribution is -2.05. The quantitative estimate of drug-likeness (QED) is 0.111. The van der Waals surface area contributed by atoms with Gasteiger partial charge >= 0.3 is 0 Å². The summed E-state index contributed by atoms with van der Waals surface area (Å²) in [7, 11) is 0. The van der Waals surface area contributed by atoms with E-state index in [0.29, 0.717) is 27.3 Å². The van der Waals surface area contributed by atoms with E-state index in [1.54, 1.807) is 6.07 Å². The van der Waals surface area contributed by atoms with Crippen LogP contribution in [0.5, 0.6) is 0 Å². The van der Waals surface area contributed by atoms with E-state index in [2.05, 4.69) is 22.1 Å². The molecule has 8 nitrogen and oxygen atoms in total. The number of aryl methyl sites for hydroxylation is 2. The van der Waals surface area contributed by atoms with Gasteiger partial charge in [-0.2, -0.15) is 0 Å². The molecule has 4 aromatic rings. The monoisotopic (exact) mass is 449 g/mol. The predicted molar refractivity (Wildman–Crippen MR) is 125 cm³/mol. The van der Waals surface area contributed by atoms with E-state index in [1.165, 1.54) is 23.9 Å². The Hall–Kier alpha value is -3.33. The molecular formula is C23H23N5O3S. The van der Waals surface area contributed by atoms with Gasteiger partial charge in [-0.1, -0.05) is 61.4 Å². The van der Waals surface area contributed by atoms with Gasteiger partial charge in [0.1, 0.15) is 5.52 Å². The number of thioether (sulfide) groups is 1. The van der Waals surface area contributed by atoms with Gasteiger partial charge in [-0.3, -0.25) is 14.9 Å². The fourth-order valence-corrected chi connectivity index (χ4v) is 4.28. The summed E-state index contributed by atoms with van der Waals surface area (Å²) in [6, 6.07) is 12.2. The van der Waals surface area contributed by atoms with Crippen LogP contribution in [0.1, 0.15) is 42.1 Å². The molecule has 2 aromatic carbocycles. The van der Waals surface area contributed by atoms with Crippen LogP contribution >= 0.6 is 11.8 Å². The third-order valence-corrected chi connectivity index (χ3v) is 6.17. The van der Waals surface area contributed by atoms with Crippen LogP contribution in [0.15, 0.2) is 47.6 Å². The van der Waals surface area contributed by atoms with E-state index in [9.17, 15) is 14.9 Å². The van der Waals surface area contributed by atoms with Crippen LogP contribution in [-0.2, 0) is 6.54 Å². The molecule has 32 heavy (non-hydrogen) atoms. The maximum Gasteiger partial charge on any atom is 0.270 e. The molecule has 0 aliphatic carbocycles. The number of non-ortho nitro benzene ring substituents is 1. The highest BCUT2D eigenvalue weighted by atomic mass is 32.2. The first-order valence-corrected chi connectivity index (χ1v) is 11.5. The average Bonchev–Trinajstić information content (AvgIpc) is 3.10. The van der Waals surface area contributed by atoms with Crippen LogP contribution in [0, 0.1) is 17.0 Å². The van der Waals surface area contributed by atoms with Crippen LogP contribution in [0.2, 0.25) is 0 Å². The molecule has 0 aliphatic rings. The molecule has 0 amide bonds. The number of Topliss-reactive ketones (excluding diaryl/α,β-unsaturated/α-hetero) is 1. The second kappa shape index (κ2) is 9.44. The standard InChI is InChI=1S/C23H23N5O3S/c1-3-4-5-12-27-19-11-10-17(28(30)31)13-18(19)21-22(27)24-23(26-25-21)32-14-20(29)16-8-6-15(2)7-9-16/h6-11,13H,3-5,12,14H2,1-2H3. The first-order chi connectivity index (χ1) is 15.5. The molecule has 2 heterocycles. The summed E-state index contributed by atoms with van der Waals surface area (Å²) < 4.78 is 2.05. The molecule has 0 N–H and O–H groups in total. The number of ketones is 1. The Labute approximate surface area is 189 Å². The highest BCUT2D eigenvalue weighted by Gasteiger charge is 2.18. The highest BCUT2D eigenvalue weighted by Crippen LogP contribution is 2.30. The van der Waals surface area contributed by atoms with E-state index in [4.69, 9.17) is 0 Å². The minimum Gasteiger partial charge on any atom is -0.324 e. The number of nitro groups is 1. The second-order valence-corrected chi connectivity index (χ2v) is 8.60. The van der Waals surface area contributed by atoms with Crippen molar-refractivity contribution in [1.82, 2.24) is 19.7 Å². The third-order valence-electron chi connectivity index (χ3n) is 5.33. The molecule has 0 atom stereocenters. The van der Waals surface area contributed by atoms with Crippen LogP contribution in [0.25, 0.3) is 22.1 Å². The molecule has 9 heteroatoms. The number of carbonyl (C=O) groups excluding carboxylic acids is 1. The largest absolute Gasteiger partial charge is 0.324 e. The van der Waals surface area contributed by atoms with Crippen LogP contribution in [-0.4, -0.2) is 36.2 Å². The van der Waals surface area contributed by atoms with Crippen molar-refractivity contribution in [2.45, 2.75) is 44.8 Å². The number of carbonyl (C=O) groups is 1. The number of aromatic nitrogens is 4. The highest BCUT2D eigenvalue weighted by molar-refractivity contribution is 7.99. The number of rotatable bonds is 9. The maximum atomic E-state index is 12.5. The Morgan fingerprint density at radius 2 is 1.91 bits per heavy atom. The Balaban J connectivity index is 1.67. The molecule has 0 saturated carbocycles. The van der Waals surface area contributed by atoms with Crippen molar-refractivity contribution in [2.75, 3.05) is 5.75 Å². The summed E-state index contributed by atoms with van der Waals surface area (Å²) in [5.41, 5.74) is 3.78. The lowest BCUT2D eigenvalue weighted by atomic mass is 10.1. The molecule has 0 radical (unpaired) electrons. The second-order valence-electron chi connectivity index (χ2n) is 7.66. The number of hydrogen-bond acceptors (Lipinski definition) is 7. The Bertz CT molecular complexity index is 1300. The number of nitrogens with zero attached hydrogens (tertiary/aromatic N) is 5. The fraction of sp³-hybridized carbons (Fsp3) is 0.304. The summed E-state index contributed by atoms with van der Waals surface area (Å²) in [6.45, 7) is 4.85. The number of nitro benzene ring substituents is 1. The zero-order chi connectivity index (χ0) is 22.7. The molecule has 0 spiro atoms. The van der Waals surface area contributed by atoms with Gasteiger partial charge in [-0.15, -0.1) is 10.2 Å². The molecule has 0 fully saturated rings.